The Kier molecular flexibility index (Phi) is 4.55. The normalized spacial score (nSPS) is 15.3. The van der Waals surface area contributed by atoms with Crippen molar-refractivity contribution in [2.24, 2.45) is 0 Å². The van der Waals surface area contributed by atoms with E-state index in [-0.39, 0.29) is 10.8 Å². The first-order chi connectivity index (χ1) is 12.4. The summed E-state index contributed by atoms with van der Waals surface area (Å²) in [5, 5.41) is 23.4. The summed E-state index contributed by atoms with van der Waals surface area (Å²) >= 11 is 5.22. The van der Waals surface area contributed by atoms with Crippen LogP contribution in [0.5, 0.6) is 11.5 Å². The molecule has 0 atom stereocenters. The van der Waals surface area contributed by atoms with Gasteiger partial charge in [-0.1, -0.05) is 6.07 Å². The molecule has 132 valence electrons. The number of nitro benzene ring substituents is 1. The Morgan fingerprint density at radius 1 is 1.27 bits per heavy atom. The molecule has 0 spiro atoms. The Hall–Kier alpha value is -3.46. The van der Waals surface area contributed by atoms with Crippen LogP contribution in [0.25, 0.3) is 6.08 Å². The van der Waals surface area contributed by atoms with Gasteiger partial charge in [-0.25, -0.2) is 0 Å². The predicted octanol–water partition coefficient (Wildman–Crippen LogP) is 2.57. The van der Waals surface area contributed by atoms with E-state index in [0.29, 0.717) is 17.0 Å². The third-order valence-corrected chi connectivity index (χ3v) is 4.00. The monoisotopic (exact) mass is 371 g/mol. The zero-order chi connectivity index (χ0) is 18.8. The van der Waals surface area contributed by atoms with Crippen molar-refractivity contribution >= 4 is 40.7 Å². The predicted molar refractivity (Wildman–Crippen MR) is 99.0 cm³/mol. The second kappa shape index (κ2) is 6.81. The van der Waals surface area contributed by atoms with Crippen LogP contribution in [-0.2, 0) is 4.79 Å². The van der Waals surface area contributed by atoms with Crippen LogP contribution in [0, 0.1) is 10.1 Å². The Morgan fingerprint density at radius 2 is 1.96 bits per heavy atom. The van der Waals surface area contributed by atoms with Gasteiger partial charge in [0.1, 0.15) is 11.4 Å². The van der Waals surface area contributed by atoms with Crippen LogP contribution >= 0.6 is 12.2 Å². The highest BCUT2D eigenvalue weighted by Gasteiger charge is 2.32. The molecule has 2 aromatic rings. The molecular formula is C17H13N3O5S. The summed E-state index contributed by atoms with van der Waals surface area (Å²) < 4.78 is 5.09. The molecule has 1 amide bonds. The lowest BCUT2D eigenvalue weighted by Crippen LogP contribution is -2.30. The van der Waals surface area contributed by atoms with E-state index in [2.05, 4.69) is 5.32 Å². The maximum atomic E-state index is 12.7. The van der Waals surface area contributed by atoms with Crippen LogP contribution in [0.1, 0.15) is 5.56 Å². The number of carbonyl (C=O) groups excluding carboxylic acids is 1. The largest absolute Gasteiger partial charge is 0.502 e. The van der Waals surface area contributed by atoms with E-state index >= 15 is 0 Å². The number of nitrogens with one attached hydrogen (secondary N) is 1. The number of methoxy groups -OCH3 is 1. The Balaban J connectivity index is 1.92. The van der Waals surface area contributed by atoms with E-state index in [0.717, 1.165) is 0 Å². The van der Waals surface area contributed by atoms with Crippen molar-refractivity contribution < 1.29 is 19.6 Å². The smallest absolute Gasteiger partial charge is 0.311 e. The highest BCUT2D eigenvalue weighted by Crippen LogP contribution is 2.29. The van der Waals surface area contributed by atoms with E-state index < -0.39 is 22.3 Å². The average Bonchev–Trinajstić information content (AvgIpc) is 2.90. The molecule has 3 rings (SSSR count). The van der Waals surface area contributed by atoms with Crippen molar-refractivity contribution in [3.63, 3.8) is 0 Å². The lowest BCUT2D eigenvalue weighted by atomic mass is 10.1. The molecule has 1 aliphatic heterocycles. The Labute approximate surface area is 153 Å². The fourth-order valence-corrected chi connectivity index (χ4v) is 2.74. The number of phenols is 1. The molecule has 1 fully saturated rings. The summed E-state index contributed by atoms with van der Waals surface area (Å²) in [5.41, 5.74) is 0.670. The minimum Gasteiger partial charge on any atom is -0.502 e. The number of nitrogens with zero attached hydrogens (tertiary/aromatic N) is 2. The number of benzene rings is 2. The zero-order valence-corrected chi connectivity index (χ0v) is 14.3. The van der Waals surface area contributed by atoms with E-state index in [1.807, 2.05) is 0 Å². The van der Waals surface area contributed by atoms with E-state index in [4.69, 9.17) is 17.0 Å². The van der Waals surface area contributed by atoms with Gasteiger partial charge < -0.3 is 15.2 Å². The molecule has 0 unspecified atom stereocenters. The number of thiocarbonyl (C=S) groups is 1. The van der Waals surface area contributed by atoms with Crippen molar-refractivity contribution in [2.45, 2.75) is 0 Å². The zero-order valence-electron chi connectivity index (χ0n) is 13.5. The van der Waals surface area contributed by atoms with Crippen molar-refractivity contribution in [1.82, 2.24) is 5.32 Å². The first-order valence-electron chi connectivity index (χ1n) is 7.39. The number of anilines is 1. The number of rotatable bonds is 4. The molecule has 1 heterocycles. The third-order valence-electron chi connectivity index (χ3n) is 3.72. The maximum Gasteiger partial charge on any atom is 0.311 e. The first-order valence-corrected chi connectivity index (χ1v) is 7.80. The number of aromatic hydroxyl groups is 1. The highest BCUT2D eigenvalue weighted by atomic mass is 32.1. The van der Waals surface area contributed by atoms with Gasteiger partial charge in [0, 0.05) is 6.07 Å². The van der Waals surface area contributed by atoms with Crippen LogP contribution in [-0.4, -0.2) is 28.2 Å². The molecule has 26 heavy (non-hydrogen) atoms. The molecule has 0 saturated carbocycles. The number of hydrogen-bond donors (Lipinski definition) is 2. The summed E-state index contributed by atoms with van der Waals surface area (Å²) in [6.07, 6.45) is 1.44. The van der Waals surface area contributed by atoms with Crippen LogP contribution in [0.2, 0.25) is 0 Å². The number of carbonyl (C=O) groups is 1. The number of hydrogen-bond acceptors (Lipinski definition) is 6. The topological polar surface area (TPSA) is 105 Å². The molecule has 9 heteroatoms. The maximum absolute atomic E-state index is 12.7. The lowest BCUT2D eigenvalue weighted by molar-refractivity contribution is -0.385. The van der Waals surface area contributed by atoms with Crippen molar-refractivity contribution in [1.29, 1.82) is 0 Å². The molecule has 2 N–H and O–H groups in total. The fraction of sp³-hybridized carbons (Fsp3) is 0.0588. The van der Waals surface area contributed by atoms with Gasteiger partial charge in [-0.05, 0) is 54.2 Å². The van der Waals surface area contributed by atoms with Crippen LogP contribution in [0.4, 0.5) is 11.4 Å². The van der Waals surface area contributed by atoms with E-state index in [1.54, 1.807) is 31.4 Å². The number of phenolic OH excluding ortho intramolecular Hbond substituents is 1. The quantitative estimate of drug-likeness (QED) is 0.368. The van der Waals surface area contributed by atoms with Crippen LogP contribution in [0.3, 0.4) is 0 Å². The van der Waals surface area contributed by atoms with Gasteiger partial charge in [-0.15, -0.1) is 0 Å². The highest BCUT2D eigenvalue weighted by molar-refractivity contribution is 7.80. The molecule has 1 aliphatic rings. The third kappa shape index (κ3) is 3.20. The van der Waals surface area contributed by atoms with Gasteiger partial charge in [0.2, 0.25) is 0 Å². The van der Waals surface area contributed by atoms with Crippen molar-refractivity contribution in [2.75, 3.05) is 12.0 Å². The second-order valence-corrected chi connectivity index (χ2v) is 5.72. The average molecular weight is 371 g/mol. The van der Waals surface area contributed by atoms with Crippen molar-refractivity contribution in [3.8, 4) is 11.5 Å². The fourth-order valence-electron chi connectivity index (χ4n) is 2.44. The van der Waals surface area contributed by atoms with E-state index in [9.17, 15) is 20.0 Å². The number of nitro groups is 1. The summed E-state index contributed by atoms with van der Waals surface area (Å²) in [5.74, 6) is -0.194. The summed E-state index contributed by atoms with van der Waals surface area (Å²) in [7, 11) is 1.54. The van der Waals surface area contributed by atoms with Crippen LogP contribution in [0.15, 0.2) is 48.2 Å². The number of amides is 1. The number of ether oxygens (including phenoxy) is 1. The minimum absolute atomic E-state index is 0.172. The van der Waals surface area contributed by atoms with Crippen molar-refractivity contribution in [3.05, 3.63) is 63.8 Å². The summed E-state index contributed by atoms with van der Waals surface area (Å²) in [4.78, 5) is 24.2. The van der Waals surface area contributed by atoms with E-state index in [1.165, 1.54) is 29.2 Å². The molecular weight excluding hydrogens is 358 g/mol. The van der Waals surface area contributed by atoms with Gasteiger partial charge in [0.05, 0.1) is 17.7 Å². The Morgan fingerprint density at radius 3 is 2.58 bits per heavy atom. The molecule has 0 bridgehead atoms. The van der Waals surface area contributed by atoms with Gasteiger partial charge in [0.15, 0.2) is 10.9 Å². The lowest BCUT2D eigenvalue weighted by Gasteiger charge is -2.14. The van der Waals surface area contributed by atoms with Crippen LogP contribution < -0.4 is 15.0 Å². The molecule has 0 aromatic heterocycles. The molecule has 2 aromatic carbocycles. The standard InChI is InChI=1S/C17H13N3O5S/c1-25-12-5-3-11(4-6-12)19-16(22)13(18-17(19)26)8-10-2-7-15(21)14(9-10)20(23)24/h2-9,21H,1H3,(H,18,26)/b13-8-. The first kappa shape index (κ1) is 17.4. The van der Waals surface area contributed by atoms with Gasteiger partial charge in [0.25, 0.3) is 5.91 Å². The molecule has 0 radical (unpaired) electrons. The van der Waals surface area contributed by atoms with Gasteiger partial charge in [-0.2, -0.15) is 0 Å². The summed E-state index contributed by atoms with van der Waals surface area (Å²) in [6, 6.07) is 10.6. The SMILES string of the molecule is COc1ccc(N2C(=O)/C(=C/c3ccc(O)c([N+](=O)[O-])c3)NC2=S)cc1. The van der Waals surface area contributed by atoms with Gasteiger partial charge in [-0.3, -0.25) is 19.8 Å². The molecule has 1 saturated heterocycles. The minimum atomic E-state index is -0.699. The van der Waals surface area contributed by atoms with Gasteiger partial charge >= 0.3 is 5.69 Å². The molecule has 8 nitrogen and oxygen atoms in total. The summed E-state index contributed by atoms with van der Waals surface area (Å²) in [6.45, 7) is 0. The molecule has 0 aliphatic carbocycles. The Bertz CT molecular complexity index is 940. The second-order valence-electron chi connectivity index (χ2n) is 5.33.